The van der Waals surface area contributed by atoms with Crippen molar-refractivity contribution < 1.29 is 4.79 Å². The molecule has 0 spiro atoms. The SMILES string of the molecule is O=C1CCCNc2cc3c(cc21)CCC3. The molecule has 2 aliphatic rings. The summed E-state index contributed by atoms with van der Waals surface area (Å²) in [7, 11) is 0. The Morgan fingerprint density at radius 1 is 1.00 bits per heavy atom. The van der Waals surface area contributed by atoms with Gasteiger partial charge >= 0.3 is 0 Å². The first-order valence-electron chi connectivity index (χ1n) is 5.77. The molecule has 2 nitrogen and oxygen atoms in total. The number of aryl methyl sites for hydroxylation is 2. The molecule has 0 bridgehead atoms. The van der Waals surface area contributed by atoms with E-state index in [0.717, 1.165) is 30.6 Å². The van der Waals surface area contributed by atoms with Gasteiger partial charge in [0.2, 0.25) is 0 Å². The summed E-state index contributed by atoms with van der Waals surface area (Å²) in [5.74, 6) is 0.310. The number of benzene rings is 1. The molecule has 3 rings (SSSR count). The lowest BCUT2D eigenvalue weighted by molar-refractivity contribution is 0.0983. The van der Waals surface area contributed by atoms with Gasteiger partial charge in [-0.1, -0.05) is 0 Å². The number of nitrogens with one attached hydrogen (secondary N) is 1. The molecule has 0 saturated heterocycles. The Kier molecular flexibility index (Phi) is 2.01. The maximum atomic E-state index is 11.9. The Balaban J connectivity index is 2.13. The van der Waals surface area contributed by atoms with E-state index in [1.54, 1.807) is 0 Å². The molecule has 0 unspecified atom stereocenters. The summed E-state index contributed by atoms with van der Waals surface area (Å²) in [5.41, 5.74) is 4.83. The molecule has 0 amide bonds. The van der Waals surface area contributed by atoms with E-state index in [2.05, 4.69) is 17.4 Å². The number of ketones is 1. The number of hydrogen-bond donors (Lipinski definition) is 1. The van der Waals surface area contributed by atoms with E-state index in [1.807, 2.05) is 0 Å². The van der Waals surface area contributed by atoms with Crippen LogP contribution in [0.5, 0.6) is 0 Å². The lowest BCUT2D eigenvalue weighted by atomic mass is 10.0. The minimum atomic E-state index is 0.310. The molecule has 1 aliphatic carbocycles. The summed E-state index contributed by atoms with van der Waals surface area (Å²) in [6, 6.07) is 4.32. The Labute approximate surface area is 89.7 Å². The van der Waals surface area contributed by atoms with E-state index in [9.17, 15) is 4.79 Å². The van der Waals surface area contributed by atoms with E-state index in [1.165, 1.54) is 24.0 Å². The van der Waals surface area contributed by atoms with Crippen LogP contribution in [0.15, 0.2) is 12.1 Å². The number of hydrogen-bond acceptors (Lipinski definition) is 2. The monoisotopic (exact) mass is 201 g/mol. The summed E-state index contributed by atoms with van der Waals surface area (Å²) in [6.45, 7) is 0.928. The van der Waals surface area contributed by atoms with Crippen molar-refractivity contribution in [2.24, 2.45) is 0 Å². The molecule has 2 heteroatoms. The summed E-state index contributed by atoms with van der Waals surface area (Å²) in [5, 5.41) is 3.36. The van der Waals surface area contributed by atoms with Gasteiger partial charge in [0.25, 0.3) is 0 Å². The number of anilines is 1. The molecule has 1 heterocycles. The molecule has 0 atom stereocenters. The van der Waals surface area contributed by atoms with Crippen LogP contribution in [0, 0.1) is 0 Å². The van der Waals surface area contributed by atoms with Crippen LogP contribution in [0.3, 0.4) is 0 Å². The highest BCUT2D eigenvalue weighted by Gasteiger charge is 2.19. The van der Waals surface area contributed by atoms with E-state index in [4.69, 9.17) is 0 Å². The van der Waals surface area contributed by atoms with Gasteiger partial charge in [-0.25, -0.2) is 0 Å². The van der Waals surface area contributed by atoms with Crippen LogP contribution in [0.2, 0.25) is 0 Å². The van der Waals surface area contributed by atoms with E-state index in [-0.39, 0.29) is 0 Å². The number of carbonyl (C=O) groups is 1. The zero-order chi connectivity index (χ0) is 10.3. The third kappa shape index (κ3) is 1.44. The van der Waals surface area contributed by atoms with Crippen LogP contribution in [-0.2, 0) is 12.8 Å². The first-order chi connectivity index (χ1) is 7.34. The number of carbonyl (C=O) groups excluding carboxylic acids is 1. The maximum Gasteiger partial charge on any atom is 0.165 e. The smallest absolute Gasteiger partial charge is 0.165 e. The fourth-order valence-electron chi connectivity index (χ4n) is 2.61. The van der Waals surface area contributed by atoms with Crippen molar-refractivity contribution >= 4 is 11.5 Å². The van der Waals surface area contributed by atoms with Crippen molar-refractivity contribution in [3.63, 3.8) is 0 Å². The highest BCUT2D eigenvalue weighted by atomic mass is 16.1. The fraction of sp³-hybridized carbons (Fsp3) is 0.462. The van der Waals surface area contributed by atoms with Gasteiger partial charge in [-0.05, 0) is 48.9 Å². The van der Waals surface area contributed by atoms with Crippen LogP contribution in [0.4, 0.5) is 5.69 Å². The lowest BCUT2D eigenvalue weighted by Gasteiger charge is -2.09. The molecule has 1 aromatic rings. The van der Waals surface area contributed by atoms with Crippen LogP contribution in [0.1, 0.15) is 40.7 Å². The van der Waals surface area contributed by atoms with Crippen LogP contribution in [0.25, 0.3) is 0 Å². The summed E-state index contributed by atoms with van der Waals surface area (Å²) >= 11 is 0. The summed E-state index contributed by atoms with van der Waals surface area (Å²) in [6.07, 6.45) is 5.22. The fourth-order valence-corrected chi connectivity index (χ4v) is 2.61. The van der Waals surface area contributed by atoms with E-state index in [0.29, 0.717) is 12.2 Å². The van der Waals surface area contributed by atoms with Gasteiger partial charge in [0.1, 0.15) is 0 Å². The van der Waals surface area contributed by atoms with Crippen molar-refractivity contribution in [2.75, 3.05) is 11.9 Å². The Morgan fingerprint density at radius 3 is 2.67 bits per heavy atom. The second-order valence-electron chi connectivity index (χ2n) is 4.47. The maximum absolute atomic E-state index is 11.9. The number of fused-ring (bicyclic) bond motifs is 2. The Morgan fingerprint density at radius 2 is 1.80 bits per heavy atom. The number of Topliss-reactive ketones (excluding diaryl/α,β-unsaturated/α-hetero) is 1. The molecular formula is C13H15NO. The molecule has 1 aromatic carbocycles. The second-order valence-corrected chi connectivity index (χ2v) is 4.47. The third-order valence-corrected chi connectivity index (χ3v) is 3.43. The third-order valence-electron chi connectivity index (χ3n) is 3.43. The van der Waals surface area contributed by atoms with E-state index >= 15 is 0 Å². The van der Waals surface area contributed by atoms with Gasteiger partial charge in [-0.3, -0.25) is 4.79 Å². The molecule has 0 saturated carbocycles. The minimum Gasteiger partial charge on any atom is -0.384 e. The summed E-state index contributed by atoms with van der Waals surface area (Å²) in [4.78, 5) is 11.9. The van der Waals surface area contributed by atoms with Gasteiger partial charge in [-0.15, -0.1) is 0 Å². The van der Waals surface area contributed by atoms with Gasteiger partial charge in [-0.2, -0.15) is 0 Å². The Bertz CT molecular complexity index is 423. The normalized spacial score (nSPS) is 19.1. The molecule has 78 valence electrons. The molecule has 0 fully saturated rings. The van der Waals surface area contributed by atoms with Crippen molar-refractivity contribution in [1.82, 2.24) is 0 Å². The quantitative estimate of drug-likeness (QED) is 0.699. The second kappa shape index (κ2) is 3.37. The molecule has 0 radical (unpaired) electrons. The zero-order valence-corrected chi connectivity index (χ0v) is 8.81. The Hall–Kier alpha value is -1.31. The topological polar surface area (TPSA) is 29.1 Å². The van der Waals surface area contributed by atoms with Crippen molar-refractivity contribution in [3.05, 3.63) is 28.8 Å². The van der Waals surface area contributed by atoms with Gasteiger partial charge in [0.15, 0.2) is 5.78 Å². The van der Waals surface area contributed by atoms with Gasteiger partial charge in [0, 0.05) is 24.2 Å². The highest BCUT2D eigenvalue weighted by Crippen LogP contribution is 2.30. The van der Waals surface area contributed by atoms with Gasteiger partial charge < -0.3 is 5.32 Å². The summed E-state index contributed by atoms with van der Waals surface area (Å²) < 4.78 is 0. The van der Waals surface area contributed by atoms with Crippen LogP contribution in [-0.4, -0.2) is 12.3 Å². The first-order valence-corrected chi connectivity index (χ1v) is 5.77. The zero-order valence-electron chi connectivity index (χ0n) is 8.81. The molecular weight excluding hydrogens is 186 g/mol. The molecule has 1 aliphatic heterocycles. The average molecular weight is 201 g/mol. The number of rotatable bonds is 0. The van der Waals surface area contributed by atoms with E-state index < -0.39 is 0 Å². The van der Waals surface area contributed by atoms with Crippen molar-refractivity contribution in [1.29, 1.82) is 0 Å². The minimum absolute atomic E-state index is 0.310. The standard InChI is InChI=1S/C13H15NO/c15-13-5-2-6-14-12-8-10-4-1-3-9(10)7-11(12)13/h7-8,14H,1-6H2. The molecule has 15 heavy (non-hydrogen) atoms. The average Bonchev–Trinajstić information content (AvgIpc) is 2.62. The van der Waals surface area contributed by atoms with Crippen molar-refractivity contribution in [2.45, 2.75) is 32.1 Å². The molecule has 0 aromatic heterocycles. The highest BCUT2D eigenvalue weighted by molar-refractivity contribution is 6.02. The lowest BCUT2D eigenvalue weighted by Crippen LogP contribution is -2.02. The van der Waals surface area contributed by atoms with Crippen molar-refractivity contribution in [3.8, 4) is 0 Å². The van der Waals surface area contributed by atoms with Crippen LogP contribution >= 0.6 is 0 Å². The largest absolute Gasteiger partial charge is 0.384 e. The van der Waals surface area contributed by atoms with Crippen LogP contribution < -0.4 is 5.32 Å². The predicted molar refractivity (Wildman–Crippen MR) is 60.5 cm³/mol. The van der Waals surface area contributed by atoms with Gasteiger partial charge in [0.05, 0.1) is 0 Å². The molecule has 1 N–H and O–H groups in total. The predicted octanol–water partition coefficient (Wildman–Crippen LogP) is 2.56. The first kappa shape index (κ1) is 8.96.